The molecule has 132 valence electrons. The highest BCUT2D eigenvalue weighted by Gasteiger charge is 2.28. The minimum absolute atomic E-state index is 0.0850. The Kier molecular flexibility index (Phi) is 6.27. The van der Waals surface area contributed by atoms with Crippen LogP contribution >= 0.6 is 0 Å². The van der Waals surface area contributed by atoms with E-state index in [2.05, 4.69) is 4.90 Å². The lowest BCUT2D eigenvalue weighted by Gasteiger charge is -2.36. The molecular formula is C20H31N3O. The van der Waals surface area contributed by atoms with Gasteiger partial charge in [0.2, 0.25) is 5.91 Å². The average Bonchev–Trinajstić information content (AvgIpc) is 2.90. The zero-order chi connectivity index (χ0) is 16.8. The van der Waals surface area contributed by atoms with E-state index in [1.807, 2.05) is 35.2 Å². The van der Waals surface area contributed by atoms with Crippen molar-refractivity contribution >= 4 is 5.91 Å². The van der Waals surface area contributed by atoms with Crippen molar-refractivity contribution in [1.29, 1.82) is 0 Å². The number of nitrogens with two attached hydrogens (primary N) is 1. The fourth-order valence-electron chi connectivity index (χ4n) is 4.10. The lowest BCUT2D eigenvalue weighted by atomic mass is 9.96. The summed E-state index contributed by atoms with van der Waals surface area (Å²) in [6.45, 7) is 5.33. The summed E-state index contributed by atoms with van der Waals surface area (Å²) in [4.78, 5) is 17.4. The molecule has 0 radical (unpaired) electrons. The summed E-state index contributed by atoms with van der Waals surface area (Å²) in [5.41, 5.74) is 7.13. The van der Waals surface area contributed by atoms with E-state index >= 15 is 0 Å². The maximum Gasteiger partial charge on any atom is 0.244 e. The second-order valence-electron chi connectivity index (χ2n) is 7.40. The van der Waals surface area contributed by atoms with E-state index in [0.29, 0.717) is 5.92 Å². The Morgan fingerprint density at radius 1 is 1.04 bits per heavy atom. The molecule has 0 aromatic heterocycles. The van der Waals surface area contributed by atoms with Crippen LogP contribution in [-0.4, -0.2) is 48.4 Å². The van der Waals surface area contributed by atoms with Crippen LogP contribution in [0, 0.1) is 5.92 Å². The maximum atomic E-state index is 12.8. The van der Waals surface area contributed by atoms with Crippen molar-refractivity contribution in [2.45, 2.75) is 44.6 Å². The lowest BCUT2D eigenvalue weighted by Crippen LogP contribution is -2.47. The van der Waals surface area contributed by atoms with Gasteiger partial charge in [-0.1, -0.05) is 43.2 Å². The molecule has 24 heavy (non-hydrogen) atoms. The molecule has 2 heterocycles. The van der Waals surface area contributed by atoms with Crippen molar-refractivity contribution in [2.75, 3.05) is 32.7 Å². The van der Waals surface area contributed by atoms with Gasteiger partial charge in [-0.3, -0.25) is 4.79 Å². The van der Waals surface area contributed by atoms with Crippen molar-refractivity contribution in [3.8, 4) is 0 Å². The standard InChI is InChI=1S/C20H31N3O/c21-19(18-10-4-3-5-11-18)20(24)23-14-8-9-17(16-23)15-22-12-6-1-2-7-13-22/h3-5,10-11,17,19H,1-2,6-9,12-16,21H2/t17-,19+/m1/s1. The van der Waals surface area contributed by atoms with Crippen molar-refractivity contribution in [3.05, 3.63) is 35.9 Å². The van der Waals surface area contributed by atoms with E-state index < -0.39 is 6.04 Å². The van der Waals surface area contributed by atoms with Gasteiger partial charge in [-0.25, -0.2) is 0 Å². The number of rotatable bonds is 4. The molecule has 1 amide bonds. The lowest BCUT2D eigenvalue weighted by molar-refractivity contribution is -0.134. The Balaban J connectivity index is 1.55. The van der Waals surface area contributed by atoms with Crippen LogP contribution in [0.1, 0.15) is 50.1 Å². The molecule has 2 aliphatic rings. The van der Waals surface area contributed by atoms with Crippen LogP contribution in [0.5, 0.6) is 0 Å². The van der Waals surface area contributed by atoms with E-state index in [1.165, 1.54) is 45.2 Å². The number of benzene rings is 1. The quantitative estimate of drug-likeness (QED) is 0.924. The Labute approximate surface area is 146 Å². The molecular weight excluding hydrogens is 298 g/mol. The predicted molar refractivity (Wildman–Crippen MR) is 97.6 cm³/mol. The third kappa shape index (κ3) is 4.58. The van der Waals surface area contributed by atoms with E-state index in [4.69, 9.17) is 5.73 Å². The number of likely N-dealkylation sites (tertiary alicyclic amines) is 2. The minimum Gasteiger partial charge on any atom is -0.341 e. The number of carbonyl (C=O) groups is 1. The van der Waals surface area contributed by atoms with Gasteiger partial charge in [0.05, 0.1) is 0 Å². The van der Waals surface area contributed by atoms with Gasteiger partial charge in [0.1, 0.15) is 6.04 Å². The zero-order valence-corrected chi connectivity index (χ0v) is 14.7. The van der Waals surface area contributed by atoms with Gasteiger partial charge in [0, 0.05) is 19.6 Å². The smallest absolute Gasteiger partial charge is 0.244 e. The molecule has 2 aliphatic heterocycles. The number of piperidine rings is 1. The molecule has 3 rings (SSSR count). The summed E-state index contributed by atoms with van der Waals surface area (Å²) in [5.74, 6) is 0.686. The highest BCUT2D eigenvalue weighted by Crippen LogP contribution is 2.22. The summed E-state index contributed by atoms with van der Waals surface area (Å²) in [5, 5.41) is 0. The second-order valence-corrected chi connectivity index (χ2v) is 7.40. The van der Waals surface area contributed by atoms with Crippen LogP contribution in [0.25, 0.3) is 0 Å². The number of hydrogen-bond acceptors (Lipinski definition) is 3. The van der Waals surface area contributed by atoms with Crippen molar-refractivity contribution in [2.24, 2.45) is 11.7 Å². The van der Waals surface area contributed by atoms with Gasteiger partial charge in [-0.15, -0.1) is 0 Å². The summed E-state index contributed by atoms with van der Waals surface area (Å²) in [7, 11) is 0. The molecule has 1 aromatic rings. The van der Waals surface area contributed by atoms with Gasteiger partial charge in [-0.05, 0) is 50.3 Å². The SMILES string of the molecule is N[C@H](C(=O)N1CCC[C@H](CN2CCCCCC2)C1)c1ccccc1. The van der Waals surface area contributed by atoms with E-state index in [0.717, 1.165) is 31.6 Å². The van der Waals surface area contributed by atoms with Crippen molar-refractivity contribution in [1.82, 2.24) is 9.80 Å². The molecule has 4 nitrogen and oxygen atoms in total. The summed E-state index contributed by atoms with van der Waals surface area (Å²) in [6, 6.07) is 9.21. The largest absolute Gasteiger partial charge is 0.341 e. The molecule has 2 N–H and O–H groups in total. The molecule has 2 saturated heterocycles. The number of nitrogens with zero attached hydrogens (tertiary/aromatic N) is 2. The fourth-order valence-corrected chi connectivity index (χ4v) is 4.10. The van der Waals surface area contributed by atoms with E-state index in [-0.39, 0.29) is 5.91 Å². The second kappa shape index (κ2) is 8.63. The topological polar surface area (TPSA) is 49.6 Å². The minimum atomic E-state index is -0.525. The first kappa shape index (κ1) is 17.4. The van der Waals surface area contributed by atoms with Crippen molar-refractivity contribution < 1.29 is 4.79 Å². The Morgan fingerprint density at radius 3 is 2.46 bits per heavy atom. The third-order valence-electron chi connectivity index (χ3n) is 5.47. The average molecular weight is 329 g/mol. The molecule has 4 heteroatoms. The molecule has 0 bridgehead atoms. The summed E-state index contributed by atoms with van der Waals surface area (Å²) >= 11 is 0. The fraction of sp³-hybridized carbons (Fsp3) is 0.650. The molecule has 2 fully saturated rings. The van der Waals surface area contributed by atoms with Gasteiger partial charge in [0.15, 0.2) is 0 Å². The summed E-state index contributed by atoms with van der Waals surface area (Å²) in [6.07, 6.45) is 7.74. The third-order valence-corrected chi connectivity index (χ3v) is 5.47. The Morgan fingerprint density at radius 2 is 1.75 bits per heavy atom. The van der Waals surface area contributed by atoms with Gasteiger partial charge in [0.25, 0.3) is 0 Å². The molecule has 0 aliphatic carbocycles. The van der Waals surface area contributed by atoms with E-state index in [9.17, 15) is 4.79 Å². The maximum absolute atomic E-state index is 12.8. The first-order chi connectivity index (χ1) is 11.7. The van der Waals surface area contributed by atoms with E-state index in [1.54, 1.807) is 0 Å². The van der Waals surface area contributed by atoms with Gasteiger partial charge < -0.3 is 15.5 Å². The molecule has 0 spiro atoms. The number of hydrogen-bond donors (Lipinski definition) is 1. The highest BCUT2D eigenvalue weighted by molar-refractivity contribution is 5.83. The summed E-state index contributed by atoms with van der Waals surface area (Å²) < 4.78 is 0. The Bertz CT molecular complexity index is 511. The molecule has 2 atom stereocenters. The van der Waals surface area contributed by atoms with Crippen LogP contribution in [-0.2, 0) is 4.79 Å². The first-order valence-corrected chi connectivity index (χ1v) is 9.55. The number of carbonyl (C=O) groups excluding carboxylic acids is 1. The van der Waals surface area contributed by atoms with Crippen LogP contribution in [0.3, 0.4) is 0 Å². The highest BCUT2D eigenvalue weighted by atomic mass is 16.2. The first-order valence-electron chi connectivity index (χ1n) is 9.55. The van der Waals surface area contributed by atoms with Crippen molar-refractivity contribution in [3.63, 3.8) is 0 Å². The van der Waals surface area contributed by atoms with Crippen LogP contribution in [0.2, 0.25) is 0 Å². The predicted octanol–water partition coefficient (Wildman–Crippen LogP) is 2.80. The Hall–Kier alpha value is -1.39. The molecule has 0 saturated carbocycles. The monoisotopic (exact) mass is 329 g/mol. The molecule has 0 unspecified atom stereocenters. The normalized spacial score (nSPS) is 24.4. The van der Waals surface area contributed by atoms with Gasteiger partial charge in [-0.2, -0.15) is 0 Å². The molecule has 1 aromatic carbocycles. The van der Waals surface area contributed by atoms with Crippen LogP contribution in [0.4, 0.5) is 0 Å². The number of amides is 1. The zero-order valence-electron chi connectivity index (χ0n) is 14.7. The van der Waals surface area contributed by atoms with Gasteiger partial charge >= 0.3 is 0 Å². The van der Waals surface area contributed by atoms with Crippen LogP contribution < -0.4 is 5.73 Å². The van der Waals surface area contributed by atoms with Crippen LogP contribution in [0.15, 0.2) is 30.3 Å².